The van der Waals surface area contributed by atoms with Gasteiger partial charge in [-0.2, -0.15) is 5.10 Å². The van der Waals surface area contributed by atoms with E-state index in [1.54, 1.807) is 17.9 Å². The maximum Gasteiger partial charge on any atom is 0.316 e. The maximum atomic E-state index is 12.3. The Kier molecular flexibility index (Phi) is 4.59. The summed E-state index contributed by atoms with van der Waals surface area (Å²) in [5, 5.41) is 4.16. The molecule has 0 amide bonds. The highest BCUT2D eigenvalue weighted by Gasteiger charge is 2.52. The Balaban J connectivity index is 1.57. The van der Waals surface area contributed by atoms with Gasteiger partial charge in [-0.3, -0.25) is 14.3 Å². The van der Waals surface area contributed by atoms with Crippen LogP contribution in [0.15, 0.2) is 54.7 Å². The number of rotatable bonds is 6. The average Bonchev–Trinajstić information content (AvgIpc) is 3.46. The molecule has 1 fully saturated rings. The highest BCUT2D eigenvalue weighted by Crippen LogP contribution is 2.49. The molecule has 1 aliphatic carbocycles. The van der Waals surface area contributed by atoms with Crippen LogP contribution in [0.1, 0.15) is 35.8 Å². The number of hydrogen-bond acceptors (Lipinski definition) is 4. The van der Waals surface area contributed by atoms with Gasteiger partial charge in [-0.15, -0.1) is 0 Å². The van der Waals surface area contributed by atoms with Gasteiger partial charge in [0.15, 0.2) is 6.29 Å². The van der Waals surface area contributed by atoms with E-state index in [0.29, 0.717) is 12.3 Å². The van der Waals surface area contributed by atoms with Crippen LogP contribution < -0.4 is 0 Å². The molecule has 5 nitrogen and oxygen atoms in total. The van der Waals surface area contributed by atoms with Gasteiger partial charge in [0.2, 0.25) is 0 Å². The molecule has 0 saturated heterocycles. The number of aldehydes is 1. The summed E-state index contributed by atoms with van der Waals surface area (Å²) in [4.78, 5) is 23.5. The van der Waals surface area contributed by atoms with Crippen molar-refractivity contribution in [1.29, 1.82) is 0 Å². The van der Waals surface area contributed by atoms with Gasteiger partial charge in [0.1, 0.15) is 5.69 Å². The van der Waals surface area contributed by atoms with Crippen molar-refractivity contribution < 1.29 is 14.3 Å². The van der Waals surface area contributed by atoms with E-state index in [4.69, 9.17) is 4.74 Å². The lowest BCUT2D eigenvalue weighted by Crippen LogP contribution is -2.23. The SMILES string of the molecule is CCOC(=O)C1(c2ccc(-c3ccc(-c4cnn(C)c4C=O)cc3)cc2)CC1. The van der Waals surface area contributed by atoms with E-state index in [2.05, 4.69) is 5.10 Å². The van der Waals surface area contributed by atoms with E-state index >= 15 is 0 Å². The van der Waals surface area contributed by atoms with Crippen molar-refractivity contribution in [3.63, 3.8) is 0 Å². The number of carbonyl (C=O) groups excluding carboxylic acids is 2. The van der Waals surface area contributed by atoms with Gasteiger partial charge < -0.3 is 4.74 Å². The molecular weight excluding hydrogens is 352 g/mol. The van der Waals surface area contributed by atoms with E-state index in [0.717, 1.165) is 46.9 Å². The number of ether oxygens (including phenoxy) is 1. The lowest BCUT2D eigenvalue weighted by molar-refractivity contribution is -0.146. The highest BCUT2D eigenvalue weighted by molar-refractivity contribution is 5.87. The van der Waals surface area contributed by atoms with Crippen LogP contribution in [0.4, 0.5) is 0 Å². The topological polar surface area (TPSA) is 61.2 Å². The van der Waals surface area contributed by atoms with Gasteiger partial charge in [0.05, 0.1) is 18.2 Å². The lowest BCUT2D eigenvalue weighted by atomic mass is 9.93. The predicted molar refractivity (Wildman–Crippen MR) is 107 cm³/mol. The van der Waals surface area contributed by atoms with Crippen molar-refractivity contribution in [2.24, 2.45) is 7.05 Å². The monoisotopic (exact) mass is 374 g/mol. The Hall–Kier alpha value is -3.21. The molecular formula is C23H22N2O3. The number of aryl methyl sites for hydroxylation is 1. The van der Waals surface area contributed by atoms with Crippen LogP contribution in [0.25, 0.3) is 22.3 Å². The number of carbonyl (C=O) groups is 2. The number of esters is 1. The molecule has 1 saturated carbocycles. The minimum absolute atomic E-state index is 0.116. The Morgan fingerprint density at radius 1 is 1.07 bits per heavy atom. The van der Waals surface area contributed by atoms with E-state index in [9.17, 15) is 9.59 Å². The normalized spacial score (nSPS) is 14.5. The van der Waals surface area contributed by atoms with Crippen LogP contribution in [0.2, 0.25) is 0 Å². The van der Waals surface area contributed by atoms with E-state index in [-0.39, 0.29) is 5.97 Å². The van der Waals surface area contributed by atoms with Crippen LogP contribution in [0.5, 0.6) is 0 Å². The van der Waals surface area contributed by atoms with E-state index < -0.39 is 5.41 Å². The maximum absolute atomic E-state index is 12.3. The summed E-state index contributed by atoms with van der Waals surface area (Å²) in [5.74, 6) is -0.116. The zero-order valence-corrected chi connectivity index (χ0v) is 16.0. The van der Waals surface area contributed by atoms with Crippen molar-refractivity contribution in [3.8, 4) is 22.3 Å². The standard InChI is InChI=1S/C23H22N2O3/c1-3-28-22(27)23(12-13-23)19-10-8-17(9-11-19)16-4-6-18(7-5-16)20-14-24-25(2)21(20)15-26/h4-11,14-15H,3,12-13H2,1-2H3. The molecule has 28 heavy (non-hydrogen) atoms. The quantitative estimate of drug-likeness (QED) is 0.480. The van der Waals surface area contributed by atoms with E-state index in [1.807, 2.05) is 55.5 Å². The fourth-order valence-corrected chi connectivity index (χ4v) is 3.64. The Morgan fingerprint density at radius 3 is 2.18 bits per heavy atom. The fourth-order valence-electron chi connectivity index (χ4n) is 3.64. The van der Waals surface area contributed by atoms with Gasteiger partial charge in [-0.25, -0.2) is 0 Å². The summed E-state index contributed by atoms with van der Waals surface area (Å²) in [5.41, 5.74) is 5.08. The number of benzene rings is 2. The minimum atomic E-state index is -0.441. The second kappa shape index (κ2) is 7.08. The predicted octanol–water partition coefficient (Wildman–Crippen LogP) is 4.16. The number of nitrogens with zero attached hydrogens (tertiary/aromatic N) is 2. The number of aromatic nitrogens is 2. The molecule has 1 heterocycles. The van der Waals surface area contributed by atoms with Gasteiger partial charge in [-0.05, 0) is 42.0 Å². The minimum Gasteiger partial charge on any atom is -0.465 e. The Morgan fingerprint density at radius 2 is 1.64 bits per heavy atom. The Bertz CT molecular complexity index is 1010. The molecule has 0 N–H and O–H groups in total. The summed E-state index contributed by atoms with van der Waals surface area (Å²) in [6.45, 7) is 2.25. The highest BCUT2D eigenvalue weighted by atomic mass is 16.5. The summed E-state index contributed by atoms with van der Waals surface area (Å²) < 4.78 is 6.82. The fraction of sp³-hybridized carbons (Fsp3) is 0.261. The lowest BCUT2D eigenvalue weighted by Gasteiger charge is -2.14. The largest absolute Gasteiger partial charge is 0.465 e. The molecule has 2 aromatic carbocycles. The summed E-state index contributed by atoms with van der Waals surface area (Å²) in [6.07, 6.45) is 4.23. The third-order valence-electron chi connectivity index (χ3n) is 5.48. The first-order valence-electron chi connectivity index (χ1n) is 9.45. The van der Waals surface area contributed by atoms with Crippen LogP contribution in [0, 0.1) is 0 Å². The first kappa shape index (κ1) is 18.2. The second-order valence-corrected chi connectivity index (χ2v) is 7.14. The molecule has 0 aliphatic heterocycles. The van der Waals surface area contributed by atoms with Crippen LogP contribution in [-0.2, 0) is 22.0 Å². The third-order valence-corrected chi connectivity index (χ3v) is 5.48. The molecule has 1 aromatic heterocycles. The molecule has 0 radical (unpaired) electrons. The van der Waals surface area contributed by atoms with Crippen LogP contribution >= 0.6 is 0 Å². The van der Waals surface area contributed by atoms with Crippen molar-refractivity contribution in [3.05, 3.63) is 66.0 Å². The van der Waals surface area contributed by atoms with Crippen molar-refractivity contribution in [2.45, 2.75) is 25.2 Å². The smallest absolute Gasteiger partial charge is 0.316 e. The molecule has 0 atom stereocenters. The molecule has 4 rings (SSSR count). The molecule has 142 valence electrons. The summed E-state index contributed by atoms with van der Waals surface area (Å²) in [6, 6.07) is 16.2. The molecule has 3 aromatic rings. The Labute approximate surface area is 164 Å². The zero-order valence-electron chi connectivity index (χ0n) is 16.0. The van der Waals surface area contributed by atoms with Gasteiger partial charge in [0, 0.05) is 12.6 Å². The van der Waals surface area contributed by atoms with Crippen LogP contribution in [-0.4, -0.2) is 28.6 Å². The van der Waals surface area contributed by atoms with Crippen molar-refractivity contribution >= 4 is 12.3 Å². The first-order chi connectivity index (χ1) is 13.6. The van der Waals surface area contributed by atoms with Gasteiger partial charge >= 0.3 is 5.97 Å². The first-order valence-corrected chi connectivity index (χ1v) is 9.45. The second-order valence-electron chi connectivity index (χ2n) is 7.14. The number of hydrogen-bond donors (Lipinski definition) is 0. The average molecular weight is 374 g/mol. The zero-order chi connectivity index (χ0) is 19.7. The molecule has 0 bridgehead atoms. The van der Waals surface area contributed by atoms with Crippen LogP contribution in [0.3, 0.4) is 0 Å². The molecule has 5 heteroatoms. The summed E-state index contributed by atoms with van der Waals surface area (Å²) in [7, 11) is 1.76. The molecule has 0 spiro atoms. The third kappa shape index (κ3) is 3.03. The van der Waals surface area contributed by atoms with Gasteiger partial charge in [0.25, 0.3) is 0 Å². The van der Waals surface area contributed by atoms with Crippen molar-refractivity contribution in [2.75, 3.05) is 6.61 Å². The summed E-state index contributed by atoms with van der Waals surface area (Å²) >= 11 is 0. The molecule has 1 aliphatic rings. The van der Waals surface area contributed by atoms with E-state index in [1.165, 1.54) is 0 Å². The van der Waals surface area contributed by atoms with Gasteiger partial charge in [-0.1, -0.05) is 48.5 Å². The molecule has 0 unspecified atom stereocenters. The van der Waals surface area contributed by atoms with Crippen molar-refractivity contribution in [1.82, 2.24) is 9.78 Å².